The SMILES string of the molecule is CCCNc1nc(-c2cc3ccccc3o2)c(Cl)cc1Cl. The van der Waals surface area contributed by atoms with Crippen molar-refractivity contribution in [1.82, 2.24) is 4.98 Å². The van der Waals surface area contributed by atoms with E-state index in [1.165, 1.54) is 0 Å². The lowest BCUT2D eigenvalue weighted by molar-refractivity contribution is 0.629. The van der Waals surface area contributed by atoms with Crippen LogP contribution in [0.5, 0.6) is 0 Å². The fourth-order valence-corrected chi connectivity index (χ4v) is 2.62. The van der Waals surface area contributed by atoms with E-state index in [1.54, 1.807) is 6.07 Å². The number of aromatic nitrogens is 1. The zero-order valence-electron chi connectivity index (χ0n) is 11.5. The number of hydrogen-bond donors (Lipinski definition) is 1. The average molecular weight is 321 g/mol. The minimum atomic E-state index is 0.473. The number of pyridine rings is 1. The molecule has 5 heteroatoms. The highest BCUT2D eigenvalue weighted by Gasteiger charge is 2.14. The van der Waals surface area contributed by atoms with Gasteiger partial charge in [-0.15, -0.1) is 0 Å². The lowest BCUT2D eigenvalue weighted by Crippen LogP contribution is -2.03. The number of fused-ring (bicyclic) bond motifs is 1. The second kappa shape index (κ2) is 5.96. The van der Waals surface area contributed by atoms with Crippen molar-refractivity contribution in [3.05, 3.63) is 46.4 Å². The number of para-hydroxylation sites is 1. The number of halogens is 2. The van der Waals surface area contributed by atoms with Crippen LogP contribution >= 0.6 is 23.2 Å². The van der Waals surface area contributed by atoms with Crippen molar-refractivity contribution in [1.29, 1.82) is 0 Å². The summed E-state index contributed by atoms with van der Waals surface area (Å²) in [4.78, 5) is 4.51. The summed E-state index contributed by atoms with van der Waals surface area (Å²) < 4.78 is 5.82. The van der Waals surface area contributed by atoms with Crippen molar-refractivity contribution in [2.45, 2.75) is 13.3 Å². The molecule has 0 unspecified atom stereocenters. The van der Waals surface area contributed by atoms with Crippen LogP contribution in [0.3, 0.4) is 0 Å². The third-order valence-electron chi connectivity index (χ3n) is 3.13. The summed E-state index contributed by atoms with van der Waals surface area (Å²) >= 11 is 12.4. The van der Waals surface area contributed by atoms with Gasteiger partial charge in [-0.3, -0.25) is 0 Å². The van der Waals surface area contributed by atoms with Crippen LogP contribution in [-0.4, -0.2) is 11.5 Å². The fourth-order valence-electron chi connectivity index (χ4n) is 2.11. The van der Waals surface area contributed by atoms with Crippen molar-refractivity contribution in [2.24, 2.45) is 0 Å². The van der Waals surface area contributed by atoms with Crippen molar-refractivity contribution in [3.63, 3.8) is 0 Å². The molecule has 108 valence electrons. The highest BCUT2D eigenvalue weighted by Crippen LogP contribution is 2.35. The predicted molar refractivity (Wildman–Crippen MR) is 88.2 cm³/mol. The topological polar surface area (TPSA) is 38.1 Å². The van der Waals surface area contributed by atoms with Crippen LogP contribution in [0.15, 0.2) is 40.8 Å². The van der Waals surface area contributed by atoms with Crippen LogP contribution in [0.25, 0.3) is 22.4 Å². The Morgan fingerprint density at radius 2 is 1.95 bits per heavy atom. The number of anilines is 1. The Bertz CT molecular complexity index is 750. The molecule has 0 amide bonds. The average Bonchev–Trinajstić information content (AvgIpc) is 2.90. The molecule has 0 saturated heterocycles. The summed E-state index contributed by atoms with van der Waals surface area (Å²) in [6.07, 6.45) is 0.987. The van der Waals surface area contributed by atoms with E-state index in [4.69, 9.17) is 27.6 Å². The lowest BCUT2D eigenvalue weighted by Gasteiger charge is -2.09. The van der Waals surface area contributed by atoms with E-state index in [2.05, 4.69) is 17.2 Å². The summed E-state index contributed by atoms with van der Waals surface area (Å²) in [7, 11) is 0. The monoisotopic (exact) mass is 320 g/mol. The van der Waals surface area contributed by atoms with E-state index in [9.17, 15) is 0 Å². The number of hydrogen-bond acceptors (Lipinski definition) is 3. The van der Waals surface area contributed by atoms with Gasteiger partial charge in [0, 0.05) is 11.9 Å². The normalized spacial score (nSPS) is 11.0. The van der Waals surface area contributed by atoms with Crippen molar-refractivity contribution in [2.75, 3.05) is 11.9 Å². The molecule has 3 rings (SSSR count). The zero-order valence-corrected chi connectivity index (χ0v) is 13.0. The van der Waals surface area contributed by atoms with E-state index in [-0.39, 0.29) is 0 Å². The number of nitrogens with zero attached hydrogens (tertiary/aromatic N) is 1. The number of benzene rings is 1. The van der Waals surface area contributed by atoms with Gasteiger partial charge >= 0.3 is 0 Å². The second-order valence-electron chi connectivity index (χ2n) is 4.72. The first-order valence-electron chi connectivity index (χ1n) is 6.78. The van der Waals surface area contributed by atoms with Gasteiger partial charge in [0.2, 0.25) is 0 Å². The first-order valence-corrected chi connectivity index (χ1v) is 7.53. The van der Waals surface area contributed by atoms with Gasteiger partial charge in [-0.1, -0.05) is 48.3 Å². The molecule has 0 radical (unpaired) electrons. The molecule has 2 heterocycles. The van der Waals surface area contributed by atoms with Crippen LogP contribution < -0.4 is 5.32 Å². The van der Waals surface area contributed by atoms with Gasteiger partial charge in [-0.05, 0) is 24.6 Å². The van der Waals surface area contributed by atoms with Gasteiger partial charge in [0.15, 0.2) is 5.76 Å². The predicted octanol–water partition coefficient (Wildman–Crippen LogP) is 5.62. The first kappa shape index (κ1) is 14.2. The number of furan rings is 1. The van der Waals surface area contributed by atoms with Gasteiger partial charge in [0.05, 0.1) is 10.0 Å². The molecular formula is C16H14Cl2N2O. The molecule has 0 aliphatic rings. The molecule has 0 spiro atoms. The third kappa shape index (κ3) is 2.85. The molecule has 1 N–H and O–H groups in total. The van der Waals surface area contributed by atoms with E-state index < -0.39 is 0 Å². The van der Waals surface area contributed by atoms with Crippen molar-refractivity contribution >= 4 is 40.0 Å². The summed E-state index contributed by atoms with van der Waals surface area (Å²) in [5.74, 6) is 1.26. The van der Waals surface area contributed by atoms with Gasteiger partial charge < -0.3 is 9.73 Å². The molecule has 3 aromatic rings. The van der Waals surface area contributed by atoms with E-state index in [0.29, 0.717) is 27.3 Å². The van der Waals surface area contributed by atoms with Gasteiger partial charge in [0.1, 0.15) is 17.1 Å². The van der Waals surface area contributed by atoms with Crippen LogP contribution in [0.2, 0.25) is 10.0 Å². The Morgan fingerprint density at radius 3 is 2.71 bits per heavy atom. The first-order chi connectivity index (χ1) is 10.2. The van der Waals surface area contributed by atoms with Crippen LogP contribution in [-0.2, 0) is 0 Å². The number of nitrogens with one attached hydrogen (secondary N) is 1. The molecular weight excluding hydrogens is 307 g/mol. The van der Waals surface area contributed by atoms with Crippen LogP contribution in [0.1, 0.15) is 13.3 Å². The maximum Gasteiger partial charge on any atom is 0.155 e. The molecule has 0 aliphatic carbocycles. The Balaban J connectivity index is 2.08. The van der Waals surface area contributed by atoms with E-state index >= 15 is 0 Å². The quantitative estimate of drug-likeness (QED) is 0.677. The molecule has 0 bridgehead atoms. The molecule has 0 fully saturated rings. The molecule has 1 aromatic carbocycles. The summed E-state index contributed by atoms with van der Waals surface area (Å²) in [5, 5.41) is 5.19. The molecule has 3 nitrogen and oxygen atoms in total. The van der Waals surface area contributed by atoms with Crippen molar-refractivity contribution < 1.29 is 4.42 Å². The fraction of sp³-hybridized carbons (Fsp3) is 0.188. The molecule has 0 atom stereocenters. The Morgan fingerprint density at radius 1 is 1.14 bits per heavy atom. The largest absolute Gasteiger partial charge is 0.454 e. The van der Waals surface area contributed by atoms with Gasteiger partial charge in [-0.2, -0.15) is 0 Å². The number of rotatable bonds is 4. The van der Waals surface area contributed by atoms with Crippen LogP contribution in [0, 0.1) is 0 Å². The summed E-state index contributed by atoms with van der Waals surface area (Å²) in [5.41, 5.74) is 1.40. The summed E-state index contributed by atoms with van der Waals surface area (Å²) in [6.45, 7) is 2.88. The maximum atomic E-state index is 6.26. The van der Waals surface area contributed by atoms with Crippen molar-refractivity contribution in [3.8, 4) is 11.5 Å². The lowest BCUT2D eigenvalue weighted by atomic mass is 10.2. The third-order valence-corrected chi connectivity index (χ3v) is 3.71. The highest BCUT2D eigenvalue weighted by molar-refractivity contribution is 6.37. The second-order valence-corrected chi connectivity index (χ2v) is 5.54. The smallest absolute Gasteiger partial charge is 0.155 e. The van der Waals surface area contributed by atoms with Crippen LogP contribution in [0.4, 0.5) is 5.82 Å². The minimum Gasteiger partial charge on any atom is -0.454 e. The Kier molecular flexibility index (Phi) is 4.04. The van der Waals surface area contributed by atoms with Gasteiger partial charge in [0.25, 0.3) is 0 Å². The summed E-state index contributed by atoms with van der Waals surface area (Å²) in [6, 6.07) is 11.4. The molecule has 21 heavy (non-hydrogen) atoms. The molecule has 0 saturated carbocycles. The molecule has 2 aromatic heterocycles. The molecule has 0 aliphatic heterocycles. The Labute approximate surface area is 132 Å². The minimum absolute atomic E-state index is 0.473. The standard InChI is InChI=1S/C16H14Cl2N2O/c1-2-7-19-16-12(18)9-11(17)15(20-16)14-8-10-5-3-4-6-13(10)21-14/h3-6,8-9H,2,7H2,1H3,(H,19,20). The van der Waals surface area contributed by atoms with E-state index in [1.807, 2.05) is 30.3 Å². The maximum absolute atomic E-state index is 6.26. The van der Waals surface area contributed by atoms with Gasteiger partial charge in [-0.25, -0.2) is 4.98 Å². The zero-order chi connectivity index (χ0) is 14.8. The Hall–Kier alpha value is -1.71. The van der Waals surface area contributed by atoms with E-state index in [0.717, 1.165) is 23.9 Å². The highest BCUT2D eigenvalue weighted by atomic mass is 35.5.